The number of hydrogen-bond acceptors (Lipinski definition) is 5. The molecule has 3 N–H and O–H groups in total. The summed E-state index contributed by atoms with van der Waals surface area (Å²) in [7, 11) is -1.44. The van der Waals surface area contributed by atoms with Gasteiger partial charge in [0.05, 0.1) is 7.11 Å². The Kier molecular flexibility index (Phi) is 7.73. The van der Waals surface area contributed by atoms with Crippen LogP contribution in [0.3, 0.4) is 0 Å². The van der Waals surface area contributed by atoms with Crippen LogP contribution in [0.15, 0.2) is 53.4 Å². The predicted molar refractivity (Wildman–Crippen MR) is 143 cm³/mol. The summed E-state index contributed by atoms with van der Waals surface area (Å²) in [6, 6.07) is 15.6. The van der Waals surface area contributed by atoms with Gasteiger partial charge in [0, 0.05) is 43.3 Å². The highest BCUT2D eigenvalue weighted by Gasteiger charge is 2.31. The van der Waals surface area contributed by atoms with Crippen LogP contribution in [0.5, 0.6) is 5.75 Å². The zero-order valence-corrected chi connectivity index (χ0v) is 21.3. The van der Waals surface area contributed by atoms with Crippen LogP contribution in [0.4, 0.5) is 11.4 Å². The quantitative estimate of drug-likeness (QED) is 0.292. The molecule has 2 unspecified atom stereocenters. The molecule has 1 heterocycles. The van der Waals surface area contributed by atoms with E-state index in [2.05, 4.69) is 34.4 Å². The summed E-state index contributed by atoms with van der Waals surface area (Å²) in [4.78, 5) is 2.80. The molecule has 1 saturated carbocycles. The van der Waals surface area contributed by atoms with Gasteiger partial charge in [-0.1, -0.05) is 6.42 Å². The first-order valence-electron chi connectivity index (χ1n) is 11.8. The highest BCUT2D eigenvalue weighted by Crippen LogP contribution is 2.26. The fraction of sp³-hybridized carbons (Fsp3) is 0.440. The average molecular weight is 501 g/mol. The van der Waals surface area contributed by atoms with Gasteiger partial charge in [0.2, 0.25) is 0 Å². The Morgan fingerprint density at radius 3 is 2.44 bits per heavy atom. The van der Waals surface area contributed by atoms with Crippen molar-refractivity contribution in [1.29, 1.82) is 4.78 Å². The molecule has 1 saturated heterocycles. The molecular formula is C25H34N5O2S2+. The Hall–Kier alpha value is -2.65. The van der Waals surface area contributed by atoms with Gasteiger partial charge in [-0.2, -0.15) is 8.99 Å². The number of rotatable bonds is 7. The van der Waals surface area contributed by atoms with Crippen LogP contribution < -0.4 is 20.3 Å². The molecule has 7 nitrogen and oxygen atoms in total. The third kappa shape index (κ3) is 5.70. The molecule has 2 fully saturated rings. The zero-order valence-electron chi connectivity index (χ0n) is 19.7. The number of nitrogens with zero attached hydrogens (tertiary/aromatic N) is 2. The first-order chi connectivity index (χ1) is 16.4. The van der Waals surface area contributed by atoms with Gasteiger partial charge in [0.15, 0.2) is 11.2 Å². The SMILES string of the molecule is C=[N+](C1CCCCC1)S(=N)(=O)c1ccc(NC(=S)NC2CCN(c3ccc(OC)cc3)C2)cc1. The first kappa shape index (κ1) is 24.5. The van der Waals surface area contributed by atoms with E-state index in [1.54, 1.807) is 19.2 Å². The van der Waals surface area contributed by atoms with Gasteiger partial charge in [-0.25, -0.2) is 0 Å². The predicted octanol–water partition coefficient (Wildman–Crippen LogP) is 4.63. The molecule has 1 aliphatic carbocycles. The highest BCUT2D eigenvalue weighted by atomic mass is 32.2. The van der Waals surface area contributed by atoms with Crippen molar-refractivity contribution in [3.63, 3.8) is 0 Å². The number of benzene rings is 2. The van der Waals surface area contributed by atoms with Gasteiger partial charge in [-0.05, 0) is 80.0 Å². The fourth-order valence-corrected chi connectivity index (χ4v) is 6.39. The lowest BCUT2D eigenvalue weighted by Gasteiger charge is -2.20. The monoisotopic (exact) mass is 500 g/mol. The van der Waals surface area contributed by atoms with Crippen LogP contribution in [0.1, 0.15) is 38.5 Å². The molecule has 0 spiro atoms. The molecule has 2 aromatic carbocycles. The highest BCUT2D eigenvalue weighted by molar-refractivity contribution is 7.86. The Bertz CT molecular complexity index is 1110. The van der Waals surface area contributed by atoms with E-state index in [-0.39, 0.29) is 12.1 Å². The molecule has 0 aromatic heterocycles. The third-order valence-corrected chi connectivity index (χ3v) is 8.79. The van der Waals surface area contributed by atoms with Crippen LogP contribution in [0.2, 0.25) is 0 Å². The zero-order chi connectivity index (χ0) is 24.1. The second kappa shape index (κ2) is 10.7. The minimum absolute atomic E-state index is 0.109. The van der Waals surface area contributed by atoms with E-state index < -0.39 is 9.92 Å². The van der Waals surface area contributed by atoms with E-state index in [4.69, 9.17) is 21.7 Å². The molecule has 34 heavy (non-hydrogen) atoms. The summed E-state index contributed by atoms with van der Waals surface area (Å²) in [5.41, 5.74) is 1.97. The number of nitrogens with one attached hydrogen (secondary N) is 3. The second-order valence-corrected chi connectivity index (χ2v) is 11.4. The standard InChI is InChI=1S/C25H33N5O2S2/c1-29(21-6-4-3-5-7-21)34(26,31)24-14-8-19(9-15-24)27-25(33)28-20-16-17-30(18-20)22-10-12-23(32-2)13-11-22/h8-15,20-21H,1,3-7,16-18H2,2H3,(H2-,26,27,28,31,33)/p+1. The molecule has 0 amide bonds. The Balaban J connectivity index is 1.30. The molecule has 1 aliphatic heterocycles. The Morgan fingerprint density at radius 1 is 1.12 bits per heavy atom. The topological polar surface area (TPSA) is 80.5 Å². The second-order valence-electron chi connectivity index (χ2n) is 8.99. The number of ether oxygens (including phenoxy) is 1. The number of methoxy groups -OCH3 is 1. The van der Waals surface area contributed by atoms with E-state index in [1.807, 2.05) is 24.3 Å². The molecule has 0 radical (unpaired) electrons. The summed E-state index contributed by atoms with van der Waals surface area (Å²) >= 11 is 5.52. The molecule has 4 rings (SSSR count). The van der Waals surface area contributed by atoms with Crippen LogP contribution in [-0.2, 0) is 9.92 Å². The van der Waals surface area contributed by atoms with Gasteiger partial charge < -0.3 is 20.3 Å². The summed E-state index contributed by atoms with van der Waals surface area (Å²) in [5.74, 6) is 0.854. The van der Waals surface area contributed by atoms with Crippen molar-refractivity contribution in [3.8, 4) is 5.75 Å². The molecule has 2 aliphatic rings. The molecule has 0 bridgehead atoms. The maximum atomic E-state index is 13.2. The number of hydrogen-bond donors (Lipinski definition) is 3. The van der Waals surface area contributed by atoms with Gasteiger partial charge in [0.25, 0.3) is 9.92 Å². The maximum absolute atomic E-state index is 13.2. The van der Waals surface area contributed by atoms with E-state index in [0.717, 1.165) is 56.6 Å². The van der Waals surface area contributed by atoms with Gasteiger partial charge in [0.1, 0.15) is 17.4 Å². The minimum atomic E-state index is -3.11. The van der Waals surface area contributed by atoms with Crippen molar-refractivity contribution in [2.75, 3.05) is 30.4 Å². The summed E-state index contributed by atoms with van der Waals surface area (Å²) in [6.07, 6.45) is 6.33. The van der Waals surface area contributed by atoms with Crippen molar-refractivity contribution in [3.05, 3.63) is 48.5 Å². The lowest BCUT2D eigenvalue weighted by atomic mass is 9.96. The number of thiocarbonyl (C=S) groups is 1. The third-order valence-electron chi connectivity index (χ3n) is 6.70. The van der Waals surface area contributed by atoms with Crippen LogP contribution in [-0.4, -0.2) is 52.3 Å². The first-order valence-corrected chi connectivity index (χ1v) is 13.7. The van der Waals surface area contributed by atoms with Crippen LogP contribution in [0, 0.1) is 4.78 Å². The summed E-state index contributed by atoms with van der Waals surface area (Å²) in [6.45, 7) is 5.82. The van der Waals surface area contributed by atoms with E-state index >= 15 is 0 Å². The maximum Gasteiger partial charge on any atom is 0.290 e. The van der Waals surface area contributed by atoms with Crippen molar-refractivity contribution < 1.29 is 12.9 Å². The minimum Gasteiger partial charge on any atom is -0.497 e. The molecule has 182 valence electrons. The van der Waals surface area contributed by atoms with E-state index in [0.29, 0.717) is 10.0 Å². The smallest absolute Gasteiger partial charge is 0.290 e. The normalized spacial score (nSPS) is 20.4. The van der Waals surface area contributed by atoms with Gasteiger partial charge in [-0.3, -0.25) is 0 Å². The summed E-state index contributed by atoms with van der Waals surface area (Å²) < 4.78 is 28.5. The van der Waals surface area contributed by atoms with Crippen LogP contribution in [0.25, 0.3) is 0 Å². The fourth-order valence-electron chi connectivity index (χ4n) is 4.70. The Morgan fingerprint density at radius 2 is 1.79 bits per heavy atom. The largest absolute Gasteiger partial charge is 0.497 e. The lowest BCUT2D eigenvalue weighted by Crippen LogP contribution is -2.39. The van der Waals surface area contributed by atoms with Crippen molar-refractivity contribution in [1.82, 2.24) is 5.32 Å². The van der Waals surface area contributed by atoms with E-state index in [1.165, 1.54) is 16.1 Å². The Labute approximate surface area is 208 Å². The number of anilines is 2. The van der Waals surface area contributed by atoms with E-state index in [9.17, 15) is 4.21 Å². The van der Waals surface area contributed by atoms with Crippen molar-refractivity contribution in [2.45, 2.75) is 55.5 Å². The van der Waals surface area contributed by atoms with Crippen molar-refractivity contribution >= 4 is 45.3 Å². The van der Waals surface area contributed by atoms with Gasteiger partial charge in [-0.15, -0.1) is 3.98 Å². The molecule has 2 atom stereocenters. The summed E-state index contributed by atoms with van der Waals surface area (Å²) in [5, 5.41) is 7.17. The van der Waals surface area contributed by atoms with Crippen LogP contribution >= 0.6 is 12.2 Å². The average Bonchev–Trinajstić information content (AvgIpc) is 3.32. The van der Waals surface area contributed by atoms with Gasteiger partial charge >= 0.3 is 0 Å². The van der Waals surface area contributed by atoms with Crippen molar-refractivity contribution in [2.24, 2.45) is 0 Å². The lowest BCUT2D eigenvalue weighted by molar-refractivity contribution is -0.409. The molecule has 9 heteroatoms. The molecule has 2 aromatic rings. The molecular weight excluding hydrogens is 466 g/mol.